The van der Waals surface area contributed by atoms with Gasteiger partial charge in [-0.05, 0) is 67.9 Å². The highest BCUT2D eigenvalue weighted by Crippen LogP contribution is 2.47. The molecule has 7 rings (SSSR count). The molecule has 3 fully saturated rings. The van der Waals surface area contributed by atoms with Crippen molar-refractivity contribution in [2.75, 3.05) is 4.90 Å². The van der Waals surface area contributed by atoms with Crippen molar-refractivity contribution in [3.05, 3.63) is 56.6 Å². The van der Waals surface area contributed by atoms with Gasteiger partial charge in [0, 0.05) is 29.1 Å². The van der Waals surface area contributed by atoms with Crippen LogP contribution in [0.2, 0.25) is 10.0 Å². The zero-order valence-electron chi connectivity index (χ0n) is 20.7. The van der Waals surface area contributed by atoms with Crippen LogP contribution >= 0.6 is 34.5 Å². The maximum atomic E-state index is 11.2. The number of piperidine rings is 1. The van der Waals surface area contributed by atoms with Gasteiger partial charge in [0.1, 0.15) is 16.3 Å². The number of hydrogen-bond donors (Lipinski definition) is 1. The van der Waals surface area contributed by atoms with Crippen molar-refractivity contribution in [1.29, 1.82) is 0 Å². The molecule has 5 heterocycles. The Labute approximate surface area is 237 Å². The number of rotatable bonds is 8. The molecule has 202 valence electrons. The number of hydrogen-bond acceptors (Lipinski definition) is 9. The van der Waals surface area contributed by atoms with E-state index >= 15 is 0 Å². The lowest BCUT2D eigenvalue weighted by Gasteiger charge is -2.37. The number of carboxylic acid groups (broad SMARTS) is 1. The van der Waals surface area contributed by atoms with Crippen molar-refractivity contribution < 1.29 is 23.7 Å². The van der Waals surface area contributed by atoms with Crippen molar-refractivity contribution in [2.24, 2.45) is 0 Å². The van der Waals surface area contributed by atoms with Gasteiger partial charge in [0.2, 0.25) is 0 Å². The molecule has 3 aliphatic rings. The molecule has 0 radical (unpaired) electrons. The average Bonchev–Trinajstić information content (AvgIpc) is 3.25. The minimum Gasteiger partial charge on any atom is -0.477 e. The standard InChI is InChI=1S/C27H24Cl2N4O5S/c28-18-2-1-3-19(29)22(18)23-17(24(37-31-23)13-4-5-13)12-36-16-10-14-6-7-15(11-16)33(14)27-30-25(38-32-27)20-8-9-21(39-20)26(34)35/h1-3,8-9,13-16H,4-7,10-12H2,(H,34,35)/t14-,15+,16?. The van der Waals surface area contributed by atoms with Gasteiger partial charge in [0.15, 0.2) is 0 Å². The van der Waals surface area contributed by atoms with Crippen molar-refractivity contribution in [2.45, 2.75) is 69.2 Å². The summed E-state index contributed by atoms with van der Waals surface area (Å²) in [5.74, 6) is 1.16. The number of thiophene rings is 1. The van der Waals surface area contributed by atoms with Gasteiger partial charge < -0.3 is 23.8 Å². The maximum absolute atomic E-state index is 11.2. The van der Waals surface area contributed by atoms with Crippen LogP contribution in [0.25, 0.3) is 22.0 Å². The minimum absolute atomic E-state index is 0.0667. The molecule has 9 nitrogen and oxygen atoms in total. The van der Waals surface area contributed by atoms with Crippen molar-refractivity contribution >= 4 is 46.5 Å². The van der Waals surface area contributed by atoms with E-state index in [1.807, 2.05) is 6.07 Å². The molecule has 39 heavy (non-hydrogen) atoms. The van der Waals surface area contributed by atoms with Crippen LogP contribution in [0.1, 0.15) is 65.4 Å². The van der Waals surface area contributed by atoms with Crippen LogP contribution < -0.4 is 4.90 Å². The molecule has 2 aliphatic heterocycles. The Morgan fingerprint density at radius 2 is 1.79 bits per heavy atom. The van der Waals surface area contributed by atoms with Gasteiger partial charge >= 0.3 is 5.97 Å². The van der Waals surface area contributed by atoms with Gasteiger partial charge in [-0.1, -0.05) is 34.4 Å². The highest BCUT2D eigenvalue weighted by atomic mass is 35.5. The molecule has 2 saturated heterocycles. The molecule has 3 aromatic heterocycles. The summed E-state index contributed by atoms with van der Waals surface area (Å²) in [6.07, 6.45) is 5.96. The smallest absolute Gasteiger partial charge is 0.345 e. The van der Waals surface area contributed by atoms with Crippen LogP contribution in [-0.2, 0) is 11.3 Å². The summed E-state index contributed by atoms with van der Waals surface area (Å²) in [5.41, 5.74) is 2.27. The van der Waals surface area contributed by atoms with Crippen molar-refractivity contribution in [3.63, 3.8) is 0 Å². The van der Waals surface area contributed by atoms with E-state index < -0.39 is 5.97 Å². The van der Waals surface area contributed by atoms with Crippen LogP contribution in [0.3, 0.4) is 0 Å². The number of benzene rings is 1. The Bertz CT molecular complexity index is 1510. The molecule has 3 atom stereocenters. The van der Waals surface area contributed by atoms with Gasteiger partial charge in [0.25, 0.3) is 11.8 Å². The Morgan fingerprint density at radius 3 is 2.46 bits per heavy atom. The lowest BCUT2D eigenvalue weighted by molar-refractivity contribution is 0.0144. The third kappa shape index (κ3) is 4.63. The highest BCUT2D eigenvalue weighted by Gasteiger charge is 2.44. The zero-order valence-corrected chi connectivity index (χ0v) is 23.0. The highest BCUT2D eigenvalue weighted by molar-refractivity contribution is 7.17. The summed E-state index contributed by atoms with van der Waals surface area (Å²) in [6.45, 7) is 0.382. The van der Waals surface area contributed by atoms with Crippen molar-refractivity contribution in [1.82, 2.24) is 15.3 Å². The molecule has 1 aromatic carbocycles. The predicted molar refractivity (Wildman–Crippen MR) is 146 cm³/mol. The largest absolute Gasteiger partial charge is 0.477 e. The normalized spacial score (nSPS) is 22.5. The molecule has 12 heteroatoms. The van der Waals surface area contributed by atoms with Crippen LogP contribution in [0.4, 0.5) is 5.95 Å². The second-order valence-electron chi connectivity index (χ2n) is 10.3. The number of halogens is 2. The summed E-state index contributed by atoms with van der Waals surface area (Å²) in [4.78, 5) is 19.0. The first kappa shape index (κ1) is 25.1. The molecular weight excluding hydrogens is 563 g/mol. The van der Waals surface area contributed by atoms with Crippen LogP contribution in [0, 0.1) is 0 Å². The number of anilines is 1. The minimum atomic E-state index is -0.969. The number of fused-ring (bicyclic) bond motifs is 2. The lowest BCUT2D eigenvalue weighted by Crippen LogP contribution is -2.46. The van der Waals surface area contributed by atoms with E-state index in [9.17, 15) is 9.90 Å². The van der Waals surface area contributed by atoms with E-state index in [0.29, 0.717) is 50.5 Å². The first-order chi connectivity index (χ1) is 19.0. The topological polar surface area (TPSA) is 115 Å². The third-order valence-electron chi connectivity index (χ3n) is 7.79. The van der Waals surface area contributed by atoms with Crippen LogP contribution in [0.15, 0.2) is 39.4 Å². The number of ether oxygens (including phenoxy) is 1. The summed E-state index contributed by atoms with van der Waals surface area (Å²) >= 11 is 14.1. The monoisotopic (exact) mass is 586 g/mol. The summed E-state index contributed by atoms with van der Waals surface area (Å²) < 4.78 is 17.8. The SMILES string of the molecule is O=C(O)c1ccc(-c2nc(N3[C@@H]4CC[C@H]3CC(OCc3c(-c5c(Cl)cccc5Cl)noc3C3CC3)C4)no2)s1. The molecule has 0 amide bonds. The maximum Gasteiger partial charge on any atom is 0.345 e. The van der Waals surface area contributed by atoms with Crippen LogP contribution in [-0.4, -0.2) is 44.6 Å². The average molecular weight is 587 g/mol. The van der Waals surface area contributed by atoms with Gasteiger partial charge in [-0.2, -0.15) is 4.98 Å². The third-order valence-corrected chi connectivity index (χ3v) is 9.48. The Balaban J connectivity index is 1.07. The van der Waals surface area contributed by atoms with E-state index in [0.717, 1.165) is 61.2 Å². The quantitative estimate of drug-likeness (QED) is 0.232. The van der Waals surface area contributed by atoms with Crippen molar-refractivity contribution in [3.8, 4) is 22.0 Å². The number of carbonyl (C=O) groups is 1. The lowest BCUT2D eigenvalue weighted by atomic mass is 9.99. The molecule has 1 saturated carbocycles. The fraction of sp³-hybridized carbons (Fsp3) is 0.407. The fourth-order valence-electron chi connectivity index (χ4n) is 5.83. The molecule has 1 unspecified atom stereocenters. The van der Waals surface area contributed by atoms with E-state index in [2.05, 4.69) is 20.2 Å². The summed E-state index contributed by atoms with van der Waals surface area (Å²) in [5, 5.41) is 18.9. The molecule has 0 spiro atoms. The summed E-state index contributed by atoms with van der Waals surface area (Å²) in [6, 6.07) is 9.15. The van der Waals surface area contributed by atoms with E-state index in [4.69, 9.17) is 37.0 Å². The zero-order chi connectivity index (χ0) is 26.7. The summed E-state index contributed by atoms with van der Waals surface area (Å²) in [7, 11) is 0. The second-order valence-corrected chi connectivity index (χ2v) is 12.2. The van der Waals surface area contributed by atoms with E-state index in [1.165, 1.54) is 0 Å². The number of aromatic carboxylic acids is 1. The molecular formula is C27H24Cl2N4O5S. The fourth-order valence-corrected chi connectivity index (χ4v) is 7.17. The number of aromatic nitrogens is 3. The molecule has 1 N–H and O–H groups in total. The molecule has 4 aromatic rings. The van der Waals surface area contributed by atoms with Crippen LogP contribution in [0.5, 0.6) is 0 Å². The van der Waals surface area contributed by atoms with E-state index in [1.54, 1.807) is 24.3 Å². The van der Waals surface area contributed by atoms with E-state index in [-0.39, 0.29) is 23.1 Å². The molecule has 1 aliphatic carbocycles. The molecule has 2 bridgehead atoms. The Kier molecular flexibility index (Phi) is 6.38. The van der Waals surface area contributed by atoms with Gasteiger partial charge in [-0.25, -0.2) is 4.79 Å². The first-order valence-corrected chi connectivity index (χ1v) is 14.5. The Morgan fingerprint density at radius 1 is 1.05 bits per heavy atom. The first-order valence-electron chi connectivity index (χ1n) is 13.0. The number of carboxylic acids is 1. The predicted octanol–water partition coefficient (Wildman–Crippen LogP) is 7.05. The Hall–Kier alpha value is -2.92. The number of nitrogens with zero attached hydrogens (tertiary/aromatic N) is 4. The van der Waals surface area contributed by atoms with Gasteiger partial charge in [-0.15, -0.1) is 11.3 Å². The van der Waals surface area contributed by atoms with Gasteiger partial charge in [-0.3, -0.25) is 0 Å². The van der Waals surface area contributed by atoms with Gasteiger partial charge in [0.05, 0.1) is 27.6 Å². The second kappa shape index (κ2) is 9.92.